The summed E-state index contributed by atoms with van der Waals surface area (Å²) < 4.78 is 5.51. The van der Waals surface area contributed by atoms with Gasteiger partial charge in [-0.3, -0.25) is 14.6 Å². The van der Waals surface area contributed by atoms with Gasteiger partial charge in [-0.15, -0.1) is 0 Å². The van der Waals surface area contributed by atoms with E-state index < -0.39 is 0 Å². The molecule has 6 heteroatoms. The van der Waals surface area contributed by atoms with E-state index in [1.807, 2.05) is 6.92 Å². The van der Waals surface area contributed by atoms with E-state index >= 15 is 0 Å². The normalized spacial score (nSPS) is 26.6. The van der Waals surface area contributed by atoms with Gasteiger partial charge in [0.2, 0.25) is 5.91 Å². The van der Waals surface area contributed by atoms with E-state index in [1.165, 1.54) is 0 Å². The largest absolute Gasteiger partial charge is 0.395 e. The number of hydrogen-bond donors (Lipinski definition) is 2. The highest BCUT2D eigenvalue weighted by molar-refractivity contribution is 5.81. The Morgan fingerprint density at radius 1 is 1.40 bits per heavy atom. The quantitative estimate of drug-likeness (QED) is 0.674. The number of β-amino-alcohol motifs (C(OH)–C–C–N with tert-alkyl or cyclic N) is 1. The minimum atomic E-state index is -0.0901. The molecule has 0 aliphatic carbocycles. The van der Waals surface area contributed by atoms with Crippen LogP contribution in [-0.4, -0.2) is 85.4 Å². The molecule has 0 bridgehead atoms. The van der Waals surface area contributed by atoms with Gasteiger partial charge >= 0.3 is 0 Å². The van der Waals surface area contributed by atoms with Gasteiger partial charge in [-0.1, -0.05) is 0 Å². The standard InChI is InChI=1S/C14H27N3O3/c1-12(14(19)15-11-13-3-2-10-20-13)17-6-4-16(5-7-17)8-9-18/h12-13,18H,2-11H2,1H3,(H,15,19). The molecule has 2 aliphatic rings. The Bertz CT molecular complexity index is 300. The summed E-state index contributed by atoms with van der Waals surface area (Å²) >= 11 is 0. The highest BCUT2D eigenvalue weighted by Gasteiger charge is 2.26. The third kappa shape index (κ3) is 4.41. The van der Waals surface area contributed by atoms with E-state index in [0.29, 0.717) is 6.54 Å². The molecule has 0 aromatic heterocycles. The summed E-state index contributed by atoms with van der Waals surface area (Å²) in [6, 6.07) is -0.0901. The lowest BCUT2D eigenvalue weighted by Crippen LogP contribution is -2.54. The van der Waals surface area contributed by atoms with Crippen LogP contribution in [0.1, 0.15) is 19.8 Å². The van der Waals surface area contributed by atoms with E-state index in [1.54, 1.807) is 0 Å². The van der Waals surface area contributed by atoms with Crippen LogP contribution in [0.2, 0.25) is 0 Å². The summed E-state index contributed by atoms with van der Waals surface area (Å²) in [7, 11) is 0. The van der Waals surface area contributed by atoms with E-state index in [-0.39, 0.29) is 24.7 Å². The Morgan fingerprint density at radius 3 is 2.75 bits per heavy atom. The summed E-state index contributed by atoms with van der Waals surface area (Å²) in [5.74, 6) is 0.0936. The van der Waals surface area contributed by atoms with Crippen LogP contribution in [0.3, 0.4) is 0 Å². The average molecular weight is 285 g/mol. The molecule has 0 aromatic carbocycles. The second kappa shape index (κ2) is 7.93. The number of amides is 1. The third-order valence-electron chi connectivity index (χ3n) is 4.28. The first-order valence-corrected chi connectivity index (χ1v) is 7.67. The average Bonchev–Trinajstić information content (AvgIpc) is 2.98. The minimum absolute atomic E-state index is 0.0901. The topological polar surface area (TPSA) is 65.0 Å². The highest BCUT2D eigenvalue weighted by Crippen LogP contribution is 2.11. The zero-order chi connectivity index (χ0) is 14.4. The van der Waals surface area contributed by atoms with Crippen LogP contribution < -0.4 is 5.32 Å². The third-order valence-corrected chi connectivity index (χ3v) is 4.28. The molecule has 2 atom stereocenters. The summed E-state index contributed by atoms with van der Waals surface area (Å²) in [5.41, 5.74) is 0. The van der Waals surface area contributed by atoms with Crippen molar-refractivity contribution in [1.29, 1.82) is 0 Å². The molecular formula is C14H27N3O3. The van der Waals surface area contributed by atoms with E-state index in [2.05, 4.69) is 15.1 Å². The number of aliphatic hydroxyl groups excluding tert-OH is 1. The Morgan fingerprint density at radius 2 is 2.15 bits per heavy atom. The Labute approximate surface area is 121 Å². The number of carbonyl (C=O) groups is 1. The van der Waals surface area contributed by atoms with Crippen LogP contribution >= 0.6 is 0 Å². The predicted molar refractivity (Wildman–Crippen MR) is 76.5 cm³/mol. The van der Waals surface area contributed by atoms with E-state index in [4.69, 9.17) is 9.84 Å². The first kappa shape index (κ1) is 15.7. The fourth-order valence-electron chi connectivity index (χ4n) is 2.85. The van der Waals surface area contributed by atoms with Gasteiger partial charge in [-0.2, -0.15) is 0 Å². The molecule has 0 spiro atoms. The van der Waals surface area contributed by atoms with Crippen LogP contribution in [0, 0.1) is 0 Å². The highest BCUT2D eigenvalue weighted by atomic mass is 16.5. The van der Waals surface area contributed by atoms with Crippen molar-refractivity contribution >= 4 is 5.91 Å². The lowest BCUT2D eigenvalue weighted by Gasteiger charge is -2.37. The second-order valence-corrected chi connectivity index (χ2v) is 5.66. The van der Waals surface area contributed by atoms with E-state index in [9.17, 15) is 4.79 Å². The van der Waals surface area contributed by atoms with Crippen LogP contribution in [0.15, 0.2) is 0 Å². The van der Waals surface area contributed by atoms with Gasteiger partial charge in [0.1, 0.15) is 0 Å². The van der Waals surface area contributed by atoms with Gasteiger partial charge in [-0.05, 0) is 19.8 Å². The second-order valence-electron chi connectivity index (χ2n) is 5.66. The number of aliphatic hydroxyl groups is 1. The van der Waals surface area contributed by atoms with Crippen molar-refractivity contribution in [2.45, 2.75) is 31.9 Å². The first-order chi connectivity index (χ1) is 9.70. The molecule has 20 heavy (non-hydrogen) atoms. The molecule has 2 fully saturated rings. The number of rotatable bonds is 6. The van der Waals surface area contributed by atoms with Gasteiger partial charge in [0.15, 0.2) is 0 Å². The van der Waals surface area contributed by atoms with Gasteiger partial charge < -0.3 is 15.2 Å². The Hall–Kier alpha value is -0.690. The van der Waals surface area contributed by atoms with Gasteiger partial charge in [0.25, 0.3) is 0 Å². The van der Waals surface area contributed by atoms with Gasteiger partial charge in [0.05, 0.1) is 18.8 Å². The van der Waals surface area contributed by atoms with Crippen LogP contribution in [0.4, 0.5) is 0 Å². The lowest BCUT2D eigenvalue weighted by atomic mass is 10.2. The molecule has 116 valence electrons. The molecule has 0 aromatic rings. The molecular weight excluding hydrogens is 258 g/mol. The number of nitrogens with one attached hydrogen (secondary N) is 1. The van der Waals surface area contributed by atoms with Crippen LogP contribution in [-0.2, 0) is 9.53 Å². The molecule has 1 amide bonds. The molecule has 6 nitrogen and oxygen atoms in total. The summed E-state index contributed by atoms with van der Waals surface area (Å²) in [5, 5.41) is 11.9. The SMILES string of the molecule is CC(C(=O)NCC1CCCO1)N1CCN(CCO)CC1. The van der Waals surface area contributed by atoms with Crippen molar-refractivity contribution in [3.8, 4) is 0 Å². The molecule has 2 aliphatic heterocycles. The predicted octanol–water partition coefficient (Wildman–Crippen LogP) is -0.720. The number of carbonyl (C=O) groups excluding carboxylic acids is 1. The number of piperazine rings is 1. The van der Waals surface area contributed by atoms with E-state index in [0.717, 1.165) is 52.2 Å². The molecule has 2 rings (SSSR count). The molecule has 0 radical (unpaired) electrons. The molecule has 2 unspecified atom stereocenters. The van der Waals surface area contributed by atoms with Gasteiger partial charge in [-0.25, -0.2) is 0 Å². The first-order valence-electron chi connectivity index (χ1n) is 7.67. The van der Waals surface area contributed by atoms with Crippen molar-refractivity contribution in [1.82, 2.24) is 15.1 Å². The van der Waals surface area contributed by atoms with Crippen molar-refractivity contribution in [2.75, 3.05) is 52.5 Å². The molecule has 2 heterocycles. The Kier molecular flexibility index (Phi) is 6.22. The Balaban J connectivity index is 1.67. The maximum Gasteiger partial charge on any atom is 0.237 e. The maximum atomic E-state index is 12.1. The van der Waals surface area contributed by atoms with Crippen molar-refractivity contribution in [3.05, 3.63) is 0 Å². The summed E-state index contributed by atoms with van der Waals surface area (Å²) in [6.45, 7) is 7.96. The zero-order valence-electron chi connectivity index (χ0n) is 12.4. The van der Waals surface area contributed by atoms with Crippen LogP contribution in [0.5, 0.6) is 0 Å². The monoisotopic (exact) mass is 285 g/mol. The molecule has 2 saturated heterocycles. The van der Waals surface area contributed by atoms with Crippen molar-refractivity contribution in [3.63, 3.8) is 0 Å². The summed E-state index contributed by atoms with van der Waals surface area (Å²) in [6.07, 6.45) is 2.35. The van der Waals surface area contributed by atoms with Crippen LogP contribution in [0.25, 0.3) is 0 Å². The fraction of sp³-hybridized carbons (Fsp3) is 0.929. The van der Waals surface area contributed by atoms with Crippen molar-refractivity contribution in [2.24, 2.45) is 0 Å². The molecule has 0 saturated carbocycles. The van der Waals surface area contributed by atoms with Gasteiger partial charge in [0, 0.05) is 45.9 Å². The number of hydrogen-bond acceptors (Lipinski definition) is 5. The zero-order valence-corrected chi connectivity index (χ0v) is 12.4. The summed E-state index contributed by atoms with van der Waals surface area (Å²) in [4.78, 5) is 16.6. The smallest absolute Gasteiger partial charge is 0.237 e. The fourth-order valence-corrected chi connectivity index (χ4v) is 2.85. The maximum absolute atomic E-state index is 12.1. The van der Waals surface area contributed by atoms with Crippen molar-refractivity contribution < 1.29 is 14.6 Å². The molecule has 2 N–H and O–H groups in total. The number of nitrogens with zero attached hydrogens (tertiary/aromatic N) is 2. The minimum Gasteiger partial charge on any atom is -0.395 e. The number of ether oxygens (including phenoxy) is 1. The lowest BCUT2D eigenvalue weighted by molar-refractivity contribution is -0.127.